The molecule has 1 aromatic heterocycles. The van der Waals surface area contributed by atoms with Crippen molar-refractivity contribution in [3.63, 3.8) is 0 Å². The van der Waals surface area contributed by atoms with Crippen molar-refractivity contribution in [2.45, 2.75) is 13.8 Å². The SMILES string of the molecule is CCS(=O)(=O)N1CC(CNc2cc(C)nc3c(F)cccc23)C1. The fraction of sp³-hybridized carbons (Fsp3) is 0.438. The second kappa shape index (κ2) is 6.05. The lowest BCUT2D eigenvalue weighted by Gasteiger charge is -2.38. The first-order valence-corrected chi connectivity index (χ1v) is 9.29. The second-order valence-electron chi connectivity index (χ2n) is 5.91. The van der Waals surface area contributed by atoms with Gasteiger partial charge in [0.05, 0.1) is 5.75 Å². The summed E-state index contributed by atoms with van der Waals surface area (Å²) in [7, 11) is -3.08. The van der Waals surface area contributed by atoms with E-state index in [4.69, 9.17) is 0 Å². The number of nitrogens with zero attached hydrogens (tertiary/aromatic N) is 2. The van der Waals surface area contributed by atoms with Crippen LogP contribution in [0.4, 0.5) is 10.1 Å². The highest BCUT2D eigenvalue weighted by molar-refractivity contribution is 7.89. The summed E-state index contributed by atoms with van der Waals surface area (Å²) in [6.45, 7) is 5.22. The average molecular weight is 337 g/mol. The average Bonchev–Trinajstić information content (AvgIpc) is 2.46. The lowest BCUT2D eigenvalue weighted by Crippen LogP contribution is -2.52. The minimum absolute atomic E-state index is 0.139. The van der Waals surface area contributed by atoms with Crippen LogP contribution in [0.15, 0.2) is 24.3 Å². The molecule has 0 atom stereocenters. The zero-order valence-corrected chi connectivity index (χ0v) is 14.0. The highest BCUT2D eigenvalue weighted by atomic mass is 32.2. The van der Waals surface area contributed by atoms with Gasteiger partial charge in [-0.1, -0.05) is 12.1 Å². The Morgan fingerprint density at radius 3 is 2.83 bits per heavy atom. The number of para-hydroxylation sites is 1. The number of hydrogen-bond donors (Lipinski definition) is 1. The highest BCUT2D eigenvalue weighted by Crippen LogP contribution is 2.26. The Hall–Kier alpha value is -1.73. The number of pyridine rings is 1. The van der Waals surface area contributed by atoms with Crippen LogP contribution in [-0.2, 0) is 10.0 Å². The lowest BCUT2D eigenvalue weighted by molar-refractivity contribution is 0.212. The molecular weight excluding hydrogens is 317 g/mol. The number of aromatic nitrogens is 1. The van der Waals surface area contributed by atoms with Crippen LogP contribution >= 0.6 is 0 Å². The fourth-order valence-electron chi connectivity index (χ4n) is 2.80. The summed E-state index contributed by atoms with van der Waals surface area (Å²) < 4.78 is 38.8. The molecule has 0 radical (unpaired) electrons. The molecule has 1 saturated heterocycles. The van der Waals surface area contributed by atoms with Gasteiger partial charge in [-0.3, -0.25) is 0 Å². The topological polar surface area (TPSA) is 62.3 Å². The van der Waals surface area contributed by atoms with E-state index in [0.29, 0.717) is 25.2 Å². The molecule has 0 saturated carbocycles. The number of halogens is 1. The van der Waals surface area contributed by atoms with Crippen LogP contribution in [0.3, 0.4) is 0 Å². The van der Waals surface area contributed by atoms with Crippen LogP contribution in [0.1, 0.15) is 12.6 Å². The Kier molecular flexibility index (Phi) is 4.25. The number of fused-ring (bicyclic) bond motifs is 1. The smallest absolute Gasteiger partial charge is 0.213 e. The summed E-state index contributed by atoms with van der Waals surface area (Å²) in [6, 6.07) is 6.79. The highest BCUT2D eigenvalue weighted by Gasteiger charge is 2.34. The third-order valence-electron chi connectivity index (χ3n) is 4.18. The van der Waals surface area contributed by atoms with Gasteiger partial charge in [-0.15, -0.1) is 0 Å². The molecule has 1 aromatic carbocycles. The van der Waals surface area contributed by atoms with Gasteiger partial charge in [0.1, 0.15) is 11.3 Å². The number of anilines is 1. The number of rotatable bonds is 5. The third kappa shape index (κ3) is 3.16. The summed E-state index contributed by atoms with van der Waals surface area (Å²) in [5.41, 5.74) is 1.94. The van der Waals surface area contributed by atoms with Gasteiger partial charge in [-0.2, -0.15) is 0 Å². The van der Waals surface area contributed by atoms with E-state index in [0.717, 1.165) is 16.8 Å². The molecule has 3 rings (SSSR count). The Morgan fingerprint density at radius 1 is 1.39 bits per heavy atom. The molecule has 0 spiro atoms. The number of hydrogen-bond acceptors (Lipinski definition) is 4. The first kappa shape index (κ1) is 16.1. The van der Waals surface area contributed by atoms with E-state index in [2.05, 4.69) is 10.3 Å². The van der Waals surface area contributed by atoms with Crippen molar-refractivity contribution in [3.05, 3.63) is 35.8 Å². The normalized spacial score (nSPS) is 16.5. The number of aryl methyl sites for hydroxylation is 1. The van der Waals surface area contributed by atoms with Crippen LogP contribution in [0.25, 0.3) is 10.9 Å². The summed E-state index contributed by atoms with van der Waals surface area (Å²) in [4.78, 5) is 4.25. The zero-order chi connectivity index (χ0) is 16.6. The number of benzene rings is 1. The molecule has 0 bridgehead atoms. The van der Waals surface area contributed by atoms with Crippen molar-refractivity contribution >= 4 is 26.6 Å². The minimum Gasteiger partial charge on any atom is -0.384 e. The van der Waals surface area contributed by atoms with E-state index >= 15 is 0 Å². The van der Waals surface area contributed by atoms with Crippen molar-refractivity contribution in [2.24, 2.45) is 5.92 Å². The van der Waals surface area contributed by atoms with Gasteiger partial charge < -0.3 is 5.32 Å². The van der Waals surface area contributed by atoms with E-state index in [1.807, 2.05) is 19.1 Å². The molecule has 1 fully saturated rings. The van der Waals surface area contributed by atoms with E-state index in [-0.39, 0.29) is 17.5 Å². The molecule has 0 unspecified atom stereocenters. The van der Waals surface area contributed by atoms with Gasteiger partial charge in [-0.05, 0) is 26.0 Å². The molecule has 2 heterocycles. The van der Waals surface area contributed by atoms with Gasteiger partial charge >= 0.3 is 0 Å². The van der Waals surface area contributed by atoms with Crippen LogP contribution in [0.2, 0.25) is 0 Å². The maximum Gasteiger partial charge on any atom is 0.213 e. The molecule has 0 amide bonds. The Labute approximate surface area is 135 Å². The zero-order valence-electron chi connectivity index (χ0n) is 13.2. The minimum atomic E-state index is -3.08. The van der Waals surface area contributed by atoms with Crippen molar-refractivity contribution in [1.29, 1.82) is 0 Å². The van der Waals surface area contributed by atoms with Gasteiger partial charge in [0.15, 0.2) is 0 Å². The maximum atomic E-state index is 13.9. The fourth-order valence-corrected chi connectivity index (χ4v) is 4.04. The van der Waals surface area contributed by atoms with Crippen LogP contribution in [0, 0.1) is 18.7 Å². The molecule has 23 heavy (non-hydrogen) atoms. The van der Waals surface area contributed by atoms with Crippen molar-refractivity contribution < 1.29 is 12.8 Å². The second-order valence-corrected chi connectivity index (χ2v) is 8.17. The predicted molar refractivity (Wildman–Crippen MR) is 89.5 cm³/mol. The lowest BCUT2D eigenvalue weighted by atomic mass is 10.0. The van der Waals surface area contributed by atoms with Crippen LogP contribution in [-0.4, -0.2) is 43.1 Å². The first-order valence-electron chi connectivity index (χ1n) is 7.68. The summed E-state index contributed by atoms with van der Waals surface area (Å²) in [5, 5.41) is 4.06. The Morgan fingerprint density at radius 2 is 2.13 bits per heavy atom. The summed E-state index contributed by atoms with van der Waals surface area (Å²) in [5.74, 6) is 0.0761. The monoisotopic (exact) mass is 337 g/mol. The Bertz CT molecular complexity index is 833. The van der Waals surface area contributed by atoms with E-state index < -0.39 is 10.0 Å². The van der Waals surface area contributed by atoms with Gasteiger partial charge in [0.25, 0.3) is 0 Å². The summed E-state index contributed by atoms with van der Waals surface area (Å²) in [6.07, 6.45) is 0. The molecular formula is C16H20FN3O2S. The van der Waals surface area contributed by atoms with Crippen molar-refractivity contribution in [1.82, 2.24) is 9.29 Å². The van der Waals surface area contributed by atoms with Gasteiger partial charge in [0, 0.05) is 42.3 Å². The summed E-state index contributed by atoms with van der Waals surface area (Å²) >= 11 is 0. The predicted octanol–water partition coefficient (Wildman–Crippen LogP) is 2.38. The standard InChI is InChI=1S/C16H20FN3O2S/c1-3-23(21,22)20-9-12(10-20)8-18-15-7-11(2)19-16-13(15)5-4-6-14(16)17/h4-7,12H,3,8-10H2,1-2H3,(H,18,19). The van der Waals surface area contributed by atoms with Crippen LogP contribution < -0.4 is 5.32 Å². The van der Waals surface area contributed by atoms with Crippen molar-refractivity contribution in [2.75, 3.05) is 30.7 Å². The molecule has 1 aliphatic heterocycles. The molecule has 5 nitrogen and oxygen atoms in total. The largest absolute Gasteiger partial charge is 0.384 e. The number of nitrogens with one attached hydrogen (secondary N) is 1. The molecule has 124 valence electrons. The molecule has 1 aliphatic rings. The van der Waals surface area contributed by atoms with Gasteiger partial charge in [-0.25, -0.2) is 22.1 Å². The first-order chi connectivity index (χ1) is 10.9. The van der Waals surface area contributed by atoms with Crippen LogP contribution in [0.5, 0.6) is 0 Å². The van der Waals surface area contributed by atoms with Gasteiger partial charge in [0.2, 0.25) is 10.0 Å². The third-order valence-corrected chi connectivity index (χ3v) is 6.00. The molecule has 2 aromatic rings. The van der Waals surface area contributed by atoms with E-state index in [1.54, 1.807) is 13.0 Å². The molecule has 1 N–H and O–H groups in total. The molecule has 0 aliphatic carbocycles. The number of sulfonamides is 1. The van der Waals surface area contributed by atoms with Crippen molar-refractivity contribution in [3.8, 4) is 0 Å². The quantitative estimate of drug-likeness (QED) is 0.910. The van der Waals surface area contributed by atoms with E-state index in [1.165, 1.54) is 10.4 Å². The Balaban J connectivity index is 1.71. The maximum absolute atomic E-state index is 13.9. The van der Waals surface area contributed by atoms with E-state index in [9.17, 15) is 12.8 Å². The molecule has 7 heteroatoms.